The van der Waals surface area contributed by atoms with E-state index in [0.717, 1.165) is 11.3 Å². The summed E-state index contributed by atoms with van der Waals surface area (Å²) in [6.45, 7) is 2.12. The topological polar surface area (TPSA) is 17.1 Å². The fraction of sp³-hybridized carbons (Fsp3) is 0.353. The summed E-state index contributed by atoms with van der Waals surface area (Å²) in [7, 11) is 0. The van der Waals surface area contributed by atoms with E-state index in [0.29, 0.717) is 5.75 Å². The van der Waals surface area contributed by atoms with Gasteiger partial charge in [0.2, 0.25) is 0 Å². The Morgan fingerprint density at radius 3 is 2.85 bits per heavy atom. The van der Waals surface area contributed by atoms with E-state index in [1.807, 2.05) is 6.07 Å². The fourth-order valence-corrected chi connectivity index (χ4v) is 4.40. The molecular weight excluding hydrogens is 284 g/mol. The van der Waals surface area contributed by atoms with E-state index in [1.165, 1.54) is 40.2 Å². The molecule has 20 heavy (non-hydrogen) atoms. The average molecular weight is 302 g/mol. The van der Waals surface area contributed by atoms with Crippen LogP contribution in [0.2, 0.25) is 0 Å². The maximum absolute atomic E-state index is 12.2. The number of carbonyl (C=O) groups is 1. The molecule has 0 N–H and O–H groups in total. The van der Waals surface area contributed by atoms with Crippen molar-refractivity contribution in [3.05, 3.63) is 51.2 Å². The number of hydrogen-bond donors (Lipinski definition) is 0. The van der Waals surface area contributed by atoms with Gasteiger partial charge < -0.3 is 0 Å². The summed E-state index contributed by atoms with van der Waals surface area (Å²) in [5, 5.41) is 0. The zero-order chi connectivity index (χ0) is 13.9. The molecule has 1 aromatic carbocycles. The lowest BCUT2D eigenvalue weighted by molar-refractivity contribution is 0.102. The molecule has 0 spiro atoms. The van der Waals surface area contributed by atoms with Crippen molar-refractivity contribution in [2.24, 2.45) is 0 Å². The molecule has 0 saturated heterocycles. The van der Waals surface area contributed by atoms with Crippen LogP contribution in [0.5, 0.6) is 0 Å². The lowest BCUT2D eigenvalue weighted by Crippen LogP contribution is -1.99. The van der Waals surface area contributed by atoms with E-state index in [2.05, 4.69) is 31.2 Å². The van der Waals surface area contributed by atoms with Crippen LogP contribution in [-0.2, 0) is 19.3 Å². The molecule has 2 aromatic rings. The minimum atomic E-state index is 0.250. The molecule has 0 saturated carbocycles. The van der Waals surface area contributed by atoms with Crippen LogP contribution in [0.25, 0.3) is 0 Å². The second kappa shape index (κ2) is 6.15. The van der Waals surface area contributed by atoms with Gasteiger partial charge in [0, 0.05) is 9.77 Å². The molecule has 1 heterocycles. The van der Waals surface area contributed by atoms with Crippen LogP contribution >= 0.6 is 23.1 Å². The molecule has 3 rings (SSSR count). The van der Waals surface area contributed by atoms with E-state index >= 15 is 0 Å². The number of aryl methyl sites for hydroxylation is 3. The second-order valence-electron chi connectivity index (χ2n) is 5.12. The Kier molecular flexibility index (Phi) is 4.27. The normalized spacial score (nSPS) is 13.4. The molecule has 0 fully saturated rings. The molecule has 0 aliphatic heterocycles. The van der Waals surface area contributed by atoms with Gasteiger partial charge in [-0.3, -0.25) is 4.79 Å². The lowest BCUT2D eigenvalue weighted by Gasteiger charge is -2.04. The van der Waals surface area contributed by atoms with Crippen LogP contribution in [0.1, 0.15) is 39.0 Å². The van der Waals surface area contributed by atoms with Crippen molar-refractivity contribution in [3.63, 3.8) is 0 Å². The Bertz CT molecular complexity index is 628. The third-order valence-electron chi connectivity index (χ3n) is 3.72. The predicted molar refractivity (Wildman–Crippen MR) is 87.2 cm³/mol. The molecule has 0 atom stereocenters. The van der Waals surface area contributed by atoms with Crippen molar-refractivity contribution in [2.45, 2.75) is 37.5 Å². The van der Waals surface area contributed by atoms with E-state index < -0.39 is 0 Å². The van der Waals surface area contributed by atoms with Gasteiger partial charge >= 0.3 is 0 Å². The molecule has 0 radical (unpaired) electrons. The molecule has 104 valence electrons. The number of ketones is 1. The average Bonchev–Trinajstić information content (AvgIpc) is 3.12. The lowest BCUT2D eigenvalue weighted by atomic mass is 10.1. The van der Waals surface area contributed by atoms with Crippen LogP contribution in [0.3, 0.4) is 0 Å². The molecule has 0 bridgehead atoms. The van der Waals surface area contributed by atoms with Gasteiger partial charge in [0.1, 0.15) is 0 Å². The van der Waals surface area contributed by atoms with Crippen molar-refractivity contribution < 1.29 is 4.79 Å². The number of hydrogen-bond acceptors (Lipinski definition) is 3. The fourth-order valence-electron chi connectivity index (χ4n) is 2.58. The molecule has 1 aliphatic carbocycles. The van der Waals surface area contributed by atoms with Crippen LogP contribution in [-0.4, -0.2) is 11.5 Å². The van der Waals surface area contributed by atoms with Crippen molar-refractivity contribution in [2.75, 3.05) is 5.75 Å². The monoisotopic (exact) mass is 302 g/mol. The summed E-state index contributed by atoms with van der Waals surface area (Å²) in [4.78, 5) is 15.6. The zero-order valence-electron chi connectivity index (χ0n) is 11.6. The summed E-state index contributed by atoms with van der Waals surface area (Å²) < 4.78 is 0. The number of carbonyl (C=O) groups excluding carboxylic acids is 1. The second-order valence-corrected chi connectivity index (χ2v) is 7.33. The molecular formula is C17H18OS2. The summed E-state index contributed by atoms with van der Waals surface area (Å²) in [5.74, 6) is 0.794. The van der Waals surface area contributed by atoms with Crippen LogP contribution in [0.4, 0.5) is 0 Å². The number of thiophene rings is 1. The highest BCUT2D eigenvalue weighted by Gasteiger charge is 2.13. The van der Waals surface area contributed by atoms with Crippen LogP contribution in [0, 0.1) is 0 Å². The maximum Gasteiger partial charge on any atom is 0.182 e. The van der Waals surface area contributed by atoms with E-state index in [-0.39, 0.29) is 5.78 Å². The maximum atomic E-state index is 12.2. The molecule has 1 aliphatic rings. The Labute approximate surface area is 128 Å². The van der Waals surface area contributed by atoms with Gasteiger partial charge in [0.25, 0.3) is 0 Å². The van der Waals surface area contributed by atoms with E-state index in [4.69, 9.17) is 0 Å². The van der Waals surface area contributed by atoms with E-state index in [9.17, 15) is 4.79 Å². The number of fused-ring (bicyclic) bond motifs is 1. The zero-order valence-corrected chi connectivity index (χ0v) is 13.3. The first-order valence-corrected chi connectivity index (χ1v) is 8.93. The number of thioether (sulfide) groups is 1. The minimum absolute atomic E-state index is 0.250. The van der Waals surface area contributed by atoms with Gasteiger partial charge in [0.05, 0.1) is 10.6 Å². The third-order valence-corrected chi connectivity index (χ3v) is 5.99. The SMILES string of the molecule is CCc1ccc(C(=O)CSc2ccc3c(c2)CCC3)s1. The standard InChI is InChI=1S/C17H18OS2/c1-2-14-8-9-17(20-14)16(18)11-19-15-7-6-12-4-3-5-13(12)10-15/h6-10H,2-5,11H2,1H3. The van der Waals surface area contributed by atoms with Crippen molar-refractivity contribution in [3.8, 4) is 0 Å². The molecule has 0 amide bonds. The number of benzene rings is 1. The van der Waals surface area contributed by atoms with Crippen LogP contribution < -0.4 is 0 Å². The number of rotatable bonds is 5. The van der Waals surface area contributed by atoms with Gasteiger partial charge in [-0.25, -0.2) is 0 Å². The van der Waals surface area contributed by atoms with E-state index in [1.54, 1.807) is 23.1 Å². The summed E-state index contributed by atoms with van der Waals surface area (Å²) >= 11 is 3.30. The number of Topliss-reactive ketones (excluding diaryl/α,β-unsaturated/α-hetero) is 1. The van der Waals surface area contributed by atoms with Gasteiger partial charge in [-0.15, -0.1) is 23.1 Å². The highest BCUT2D eigenvalue weighted by molar-refractivity contribution is 8.00. The van der Waals surface area contributed by atoms with Crippen LogP contribution in [0.15, 0.2) is 35.2 Å². The quantitative estimate of drug-likeness (QED) is 0.584. The summed E-state index contributed by atoms with van der Waals surface area (Å²) in [6, 6.07) is 10.7. The molecule has 0 unspecified atom stereocenters. The smallest absolute Gasteiger partial charge is 0.182 e. The highest BCUT2D eigenvalue weighted by atomic mass is 32.2. The Morgan fingerprint density at radius 2 is 2.05 bits per heavy atom. The van der Waals surface area contributed by atoms with Gasteiger partial charge in [0.15, 0.2) is 5.78 Å². The Hall–Kier alpha value is -1.06. The predicted octanol–water partition coefficient (Wildman–Crippen LogP) is 4.77. The minimum Gasteiger partial charge on any atom is -0.292 e. The molecule has 1 aromatic heterocycles. The van der Waals surface area contributed by atoms with Crippen molar-refractivity contribution >= 4 is 28.9 Å². The summed E-state index contributed by atoms with van der Waals surface area (Å²) in [6.07, 6.45) is 4.70. The Morgan fingerprint density at radius 1 is 1.20 bits per heavy atom. The van der Waals surface area contributed by atoms with Crippen molar-refractivity contribution in [1.29, 1.82) is 0 Å². The summed E-state index contributed by atoms with van der Waals surface area (Å²) in [5.41, 5.74) is 2.97. The first-order valence-electron chi connectivity index (χ1n) is 7.13. The van der Waals surface area contributed by atoms with Crippen molar-refractivity contribution in [1.82, 2.24) is 0 Å². The third kappa shape index (κ3) is 2.99. The molecule has 1 nitrogen and oxygen atoms in total. The van der Waals surface area contributed by atoms with Gasteiger partial charge in [-0.1, -0.05) is 13.0 Å². The van der Waals surface area contributed by atoms with Gasteiger partial charge in [-0.2, -0.15) is 0 Å². The van der Waals surface area contributed by atoms with Gasteiger partial charge in [-0.05, 0) is 61.1 Å². The molecule has 3 heteroatoms. The first kappa shape index (κ1) is 13.9. The highest BCUT2D eigenvalue weighted by Crippen LogP contribution is 2.28. The largest absolute Gasteiger partial charge is 0.292 e. The first-order chi connectivity index (χ1) is 9.76. The Balaban J connectivity index is 1.63.